The van der Waals surface area contributed by atoms with Gasteiger partial charge in [0, 0.05) is 75.3 Å². The van der Waals surface area contributed by atoms with Gasteiger partial charge in [0.1, 0.15) is 0 Å². The average molecular weight is 573 g/mol. The van der Waals surface area contributed by atoms with E-state index in [0.29, 0.717) is 32.0 Å². The summed E-state index contributed by atoms with van der Waals surface area (Å²) in [5.41, 5.74) is 4.79. The van der Waals surface area contributed by atoms with Crippen LogP contribution in [0.2, 0.25) is 0 Å². The predicted octanol–water partition coefficient (Wildman–Crippen LogP) is 4.86. The molecule has 3 fully saturated rings. The lowest BCUT2D eigenvalue weighted by Gasteiger charge is -2.37. The van der Waals surface area contributed by atoms with E-state index in [1.54, 1.807) is 7.11 Å². The van der Waals surface area contributed by atoms with Crippen molar-refractivity contribution < 1.29 is 19.4 Å². The molecule has 2 saturated heterocycles. The van der Waals surface area contributed by atoms with E-state index < -0.39 is 5.97 Å². The maximum absolute atomic E-state index is 14.4. The molecular weight excluding hydrogens is 528 g/mol. The molecule has 6 rings (SSSR count). The second-order valence-corrected chi connectivity index (χ2v) is 12.3. The molecule has 2 aliphatic heterocycles. The number of piperidine rings is 2. The highest BCUT2D eigenvalue weighted by Gasteiger charge is 2.40. The van der Waals surface area contributed by atoms with Crippen LogP contribution in [-0.2, 0) is 27.4 Å². The lowest BCUT2D eigenvalue weighted by Crippen LogP contribution is -2.47. The Bertz CT molecular complexity index is 1390. The van der Waals surface area contributed by atoms with E-state index in [0.717, 1.165) is 64.2 Å². The van der Waals surface area contributed by atoms with E-state index in [4.69, 9.17) is 4.74 Å². The molecule has 3 heterocycles. The van der Waals surface area contributed by atoms with Crippen molar-refractivity contribution in [2.45, 2.75) is 63.6 Å². The largest absolute Gasteiger partial charge is 0.481 e. The van der Waals surface area contributed by atoms with Crippen molar-refractivity contribution in [3.8, 4) is 0 Å². The molecule has 1 amide bonds. The lowest BCUT2D eigenvalue weighted by atomic mass is 9.80. The van der Waals surface area contributed by atoms with E-state index in [9.17, 15) is 14.7 Å². The van der Waals surface area contributed by atoms with Gasteiger partial charge >= 0.3 is 5.97 Å². The Hall–Kier alpha value is -3.36. The van der Waals surface area contributed by atoms with Gasteiger partial charge in [-0.15, -0.1) is 0 Å². The van der Waals surface area contributed by atoms with Crippen molar-refractivity contribution in [1.29, 1.82) is 0 Å². The van der Waals surface area contributed by atoms with E-state index in [1.165, 1.54) is 22.0 Å². The minimum Gasteiger partial charge on any atom is -0.481 e. The van der Waals surface area contributed by atoms with Crippen LogP contribution < -0.4 is 10.2 Å². The third kappa shape index (κ3) is 6.20. The normalized spacial score (nSPS) is 21.5. The minimum atomic E-state index is -0.685. The third-order valence-electron chi connectivity index (χ3n) is 9.54. The van der Waals surface area contributed by atoms with Crippen LogP contribution >= 0.6 is 0 Å². The summed E-state index contributed by atoms with van der Waals surface area (Å²) in [4.78, 5) is 30.3. The van der Waals surface area contributed by atoms with Crippen LogP contribution in [0.5, 0.6) is 0 Å². The molecule has 42 heavy (non-hydrogen) atoms. The Morgan fingerprint density at radius 1 is 1.05 bits per heavy atom. The lowest BCUT2D eigenvalue weighted by molar-refractivity contribution is -0.142. The summed E-state index contributed by atoms with van der Waals surface area (Å²) in [6, 6.07) is 17.5. The molecule has 2 aromatic carbocycles. The maximum atomic E-state index is 14.4. The van der Waals surface area contributed by atoms with Crippen LogP contribution in [0, 0.1) is 11.8 Å². The fraction of sp³-hybridized carbons (Fsp3) is 0.529. The number of carboxylic acids is 1. The van der Waals surface area contributed by atoms with Crippen molar-refractivity contribution in [2.75, 3.05) is 44.8 Å². The molecule has 8 nitrogen and oxygen atoms in total. The average Bonchev–Trinajstić information content (AvgIpc) is 3.82. The highest BCUT2D eigenvalue weighted by Crippen LogP contribution is 2.38. The van der Waals surface area contributed by atoms with E-state index in [1.807, 2.05) is 0 Å². The molecule has 2 N–H and O–H groups in total. The monoisotopic (exact) mass is 572 g/mol. The Morgan fingerprint density at radius 2 is 1.86 bits per heavy atom. The molecule has 1 aromatic heterocycles. The van der Waals surface area contributed by atoms with Gasteiger partial charge in [-0.25, -0.2) is 0 Å². The van der Waals surface area contributed by atoms with Gasteiger partial charge in [0.05, 0.1) is 11.8 Å². The number of fused-ring (bicyclic) bond motifs is 1. The second kappa shape index (κ2) is 12.9. The number of amides is 1. The van der Waals surface area contributed by atoms with Crippen LogP contribution in [0.3, 0.4) is 0 Å². The zero-order valence-electron chi connectivity index (χ0n) is 24.7. The van der Waals surface area contributed by atoms with Crippen molar-refractivity contribution >= 4 is 28.5 Å². The van der Waals surface area contributed by atoms with E-state index in [-0.39, 0.29) is 23.7 Å². The molecular formula is C34H44N4O4. The zero-order chi connectivity index (χ0) is 29.1. The summed E-state index contributed by atoms with van der Waals surface area (Å²) in [5, 5.41) is 14.2. The quantitative estimate of drug-likeness (QED) is 0.319. The summed E-state index contributed by atoms with van der Waals surface area (Å²) in [7, 11) is 1.74. The number of hydrogen-bond donors (Lipinski definition) is 2. The van der Waals surface area contributed by atoms with Gasteiger partial charge in [0.2, 0.25) is 5.91 Å². The molecule has 3 aliphatic rings. The number of benzene rings is 2. The Kier molecular flexibility index (Phi) is 8.81. The Morgan fingerprint density at radius 3 is 2.62 bits per heavy atom. The number of aliphatic carboxylic acids is 1. The minimum absolute atomic E-state index is 0.109. The van der Waals surface area contributed by atoms with Crippen LogP contribution in [0.25, 0.3) is 10.9 Å². The molecule has 224 valence electrons. The van der Waals surface area contributed by atoms with Gasteiger partial charge in [-0.1, -0.05) is 30.3 Å². The summed E-state index contributed by atoms with van der Waals surface area (Å²) in [6.07, 6.45) is 7.62. The van der Waals surface area contributed by atoms with E-state index in [2.05, 4.69) is 74.4 Å². The van der Waals surface area contributed by atoms with Crippen LogP contribution in [0.4, 0.5) is 5.69 Å². The number of para-hydroxylation sites is 1. The number of ether oxygens (including phenoxy) is 1. The molecule has 2 atom stereocenters. The molecule has 0 unspecified atom stereocenters. The number of nitrogens with one attached hydrogen (secondary N) is 1. The molecule has 0 radical (unpaired) electrons. The first-order valence-electron chi connectivity index (χ1n) is 15.7. The van der Waals surface area contributed by atoms with Gasteiger partial charge in [0.15, 0.2) is 0 Å². The van der Waals surface area contributed by atoms with Crippen molar-refractivity contribution in [2.24, 2.45) is 11.8 Å². The molecule has 1 aliphatic carbocycles. The summed E-state index contributed by atoms with van der Waals surface area (Å²) < 4.78 is 7.60. The maximum Gasteiger partial charge on any atom is 0.306 e. The number of carbonyl (C=O) groups is 2. The number of rotatable bonds is 11. The van der Waals surface area contributed by atoms with E-state index >= 15 is 0 Å². The number of methoxy groups -OCH3 is 1. The number of carbonyl (C=O) groups excluding carboxylic acids is 1. The third-order valence-corrected chi connectivity index (χ3v) is 9.54. The van der Waals surface area contributed by atoms with Crippen LogP contribution in [-0.4, -0.2) is 72.4 Å². The van der Waals surface area contributed by atoms with Crippen molar-refractivity contribution in [3.63, 3.8) is 0 Å². The second-order valence-electron chi connectivity index (χ2n) is 12.3. The highest BCUT2D eigenvalue weighted by atomic mass is 16.5. The first kappa shape index (κ1) is 28.7. The molecule has 0 bridgehead atoms. The number of nitrogens with zero attached hydrogens (tertiary/aromatic N) is 3. The van der Waals surface area contributed by atoms with Gasteiger partial charge in [-0.3, -0.25) is 9.59 Å². The van der Waals surface area contributed by atoms with Gasteiger partial charge in [-0.05, 0) is 80.3 Å². The van der Waals surface area contributed by atoms with Gasteiger partial charge < -0.3 is 29.5 Å². The topological polar surface area (TPSA) is 87.0 Å². The smallest absolute Gasteiger partial charge is 0.306 e. The van der Waals surface area contributed by atoms with Gasteiger partial charge in [-0.2, -0.15) is 0 Å². The fourth-order valence-electron chi connectivity index (χ4n) is 7.04. The molecule has 1 saturated carbocycles. The summed E-state index contributed by atoms with van der Waals surface area (Å²) in [5.74, 6) is -0.619. The number of carboxylic acid groups (broad SMARTS) is 1. The molecule has 0 spiro atoms. The summed E-state index contributed by atoms with van der Waals surface area (Å²) >= 11 is 0. The van der Waals surface area contributed by atoms with Crippen LogP contribution in [0.15, 0.2) is 54.7 Å². The first-order valence-corrected chi connectivity index (χ1v) is 15.7. The predicted molar refractivity (Wildman–Crippen MR) is 165 cm³/mol. The zero-order valence-corrected chi connectivity index (χ0v) is 24.7. The fourth-order valence-corrected chi connectivity index (χ4v) is 7.04. The van der Waals surface area contributed by atoms with Crippen molar-refractivity contribution in [1.82, 2.24) is 14.8 Å². The number of aromatic nitrogens is 1. The van der Waals surface area contributed by atoms with Crippen molar-refractivity contribution in [3.05, 3.63) is 65.9 Å². The van der Waals surface area contributed by atoms with Gasteiger partial charge in [0.25, 0.3) is 0 Å². The first-order chi connectivity index (χ1) is 20.5. The number of anilines is 1. The number of aryl methyl sites for hydroxylation is 1. The highest BCUT2D eigenvalue weighted by molar-refractivity contribution is 5.86. The molecule has 8 heteroatoms. The Balaban J connectivity index is 1.21. The standard InChI is InChI=1S/C34H44N4O4/c1-42-19-5-16-37-22-26(30-8-2-3-9-32(30)37)23-38(27-10-11-27)33(39)31-21-35-15-12-29(31)25-6-4-7-28(20-25)36-17-13-24(14-18-36)34(40)41/h2-4,6-9,20,22,24,27,29,31,35H,5,10-19,21,23H2,1H3,(H,40,41)/t29-,31+/m1/s1. The molecule has 3 aromatic rings. The van der Waals surface area contributed by atoms with Crippen LogP contribution in [0.1, 0.15) is 55.6 Å². The summed E-state index contributed by atoms with van der Waals surface area (Å²) in [6.45, 7) is 5.37. The number of hydrogen-bond acceptors (Lipinski definition) is 5. The SMILES string of the molecule is COCCCn1cc(CN(C(=O)[C@H]2CNCC[C@@H]2c2cccc(N3CCC(C(=O)O)CC3)c2)C2CC2)c2ccccc21. The Labute approximate surface area is 248 Å².